The fourth-order valence-electron chi connectivity index (χ4n) is 1.70. The van der Waals surface area contributed by atoms with E-state index in [0.717, 1.165) is 5.75 Å². The van der Waals surface area contributed by atoms with Gasteiger partial charge in [0, 0.05) is 29.6 Å². The number of hydrogen-bond donors (Lipinski definition) is 1. The molecule has 0 saturated carbocycles. The lowest BCUT2D eigenvalue weighted by Gasteiger charge is -2.12. The Kier molecular flexibility index (Phi) is 3.66. The van der Waals surface area contributed by atoms with Gasteiger partial charge in [0.2, 0.25) is 0 Å². The molecule has 2 rings (SSSR count). The number of hydrogen-bond acceptors (Lipinski definition) is 5. The fraction of sp³-hybridized carbons (Fsp3) is 0.250. The van der Waals surface area contributed by atoms with Crippen molar-refractivity contribution in [1.29, 1.82) is 0 Å². The zero-order valence-electron chi connectivity index (χ0n) is 9.46. The van der Waals surface area contributed by atoms with E-state index < -0.39 is 4.92 Å². The Hall–Kier alpha value is -1.82. The smallest absolute Gasteiger partial charge is 0.310 e. The molecule has 0 aromatic heterocycles. The first-order valence-electron chi connectivity index (χ1n) is 5.37. The lowest BCUT2D eigenvalue weighted by molar-refractivity contribution is -0.385. The Labute approximate surface area is 108 Å². The normalized spacial score (nSPS) is 18.0. The van der Waals surface area contributed by atoms with Crippen molar-refractivity contribution < 1.29 is 14.8 Å². The molecule has 1 aliphatic rings. The highest BCUT2D eigenvalue weighted by Gasteiger charge is 2.16. The number of aromatic hydroxyl groups is 1. The molecule has 1 saturated heterocycles. The van der Waals surface area contributed by atoms with Crippen molar-refractivity contribution in [2.24, 2.45) is 0 Å². The summed E-state index contributed by atoms with van der Waals surface area (Å²) in [6.45, 7) is 0. The molecule has 6 heteroatoms. The van der Waals surface area contributed by atoms with Crippen LogP contribution in [0, 0.1) is 10.1 Å². The van der Waals surface area contributed by atoms with Crippen LogP contribution in [0.25, 0.3) is 6.08 Å². The first-order valence-corrected chi connectivity index (χ1v) is 6.52. The van der Waals surface area contributed by atoms with E-state index in [0.29, 0.717) is 23.3 Å². The molecule has 5 nitrogen and oxygen atoms in total. The van der Waals surface area contributed by atoms with Crippen molar-refractivity contribution in [2.45, 2.75) is 6.42 Å². The molecule has 0 unspecified atom stereocenters. The van der Waals surface area contributed by atoms with E-state index in [9.17, 15) is 20.0 Å². The van der Waals surface area contributed by atoms with Gasteiger partial charge in [-0.1, -0.05) is 0 Å². The van der Waals surface area contributed by atoms with E-state index >= 15 is 0 Å². The quantitative estimate of drug-likeness (QED) is 0.504. The largest absolute Gasteiger partial charge is 0.502 e. The third-order valence-electron chi connectivity index (χ3n) is 2.63. The molecule has 1 aromatic carbocycles. The molecule has 0 atom stereocenters. The maximum absolute atomic E-state index is 11.6. The van der Waals surface area contributed by atoms with Crippen molar-refractivity contribution in [3.8, 4) is 5.75 Å². The first-order chi connectivity index (χ1) is 8.58. The third kappa shape index (κ3) is 2.70. The molecule has 1 aromatic rings. The monoisotopic (exact) mass is 265 g/mol. The molecule has 94 valence electrons. The molecule has 1 N–H and O–H groups in total. The van der Waals surface area contributed by atoms with Crippen LogP contribution in [-0.4, -0.2) is 27.3 Å². The van der Waals surface area contributed by atoms with Crippen molar-refractivity contribution in [2.75, 3.05) is 11.5 Å². The van der Waals surface area contributed by atoms with Crippen LogP contribution in [0.2, 0.25) is 0 Å². The Morgan fingerprint density at radius 1 is 1.44 bits per heavy atom. The molecular weight excluding hydrogens is 254 g/mol. The molecular formula is C12H11NO4S. The number of ketones is 1. The number of carbonyl (C=O) groups excluding carboxylic acids is 1. The standard InChI is InChI=1S/C12H11NO4S/c14-11-3-4-18-7-9(11)5-8-1-2-10(13(16)17)12(15)6-8/h1-2,5-6,15H,3-4,7H2/b9-5+. The Bertz CT molecular complexity index is 539. The molecule has 0 spiro atoms. The lowest BCUT2D eigenvalue weighted by atomic mass is 10.1. The van der Waals surface area contributed by atoms with Crippen molar-refractivity contribution in [3.05, 3.63) is 39.4 Å². The van der Waals surface area contributed by atoms with E-state index in [1.54, 1.807) is 17.8 Å². The van der Waals surface area contributed by atoms with Gasteiger partial charge >= 0.3 is 5.69 Å². The lowest BCUT2D eigenvalue weighted by Crippen LogP contribution is -2.11. The number of benzene rings is 1. The summed E-state index contributed by atoms with van der Waals surface area (Å²) in [6, 6.07) is 4.07. The maximum Gasteiger partial charge on any atom is 0.310 e. The molecule has 1 fully saturated rings. The van der Waals surface area contributed by atoms with Gasteiger partial charge in [-0.15, -0.1) is 0 Å². The average molecular weight is 265 g/mol. The van der Waals surface area contributed by atoms with E-state index in [1.807, 2.05) is 0 Å². The average Bonchev–Trinajstić information content (AvgIpc) is 2.32. The predicted molar refractivity (Wildman–Crippen MR) is 69.7 cm³/mol. The number of thioether (sulfide) groups is 1. The van der Waals surface area contributed by atoms with E-state index in [1.165, 1.54) is 18.2 Å². The summed E-state index contributed by atoms with van der Waals surface area (Å²) in [5, 5.41) is 20.0. The zero-order chi connectivity index (χ0) is 13.1. The second-order valence-corrected chi connectivity index (χ2v) is 5.01. The molecule has 0 aliphatic carbocycles. The van der Waals surface area contributed by atoms with Gasteiger partial charge < -0.3 is 5.11 Å². The third-order valence-corrected chi connectivity index (χ3v) is 3.63. The minimum Gasteiger partial charge on any atom is -0.502 e. The number of carbonyl (C=O) groups is 1. The summed E-state index contributed by atoms with van der Waals surface area (Å²) in [7, 11) is 0. The topological polar surface area (TPSA) is 80.4 Å². The highest BCUT2D eigenvalue weighted by Crippen LogP contribution is 2.28. The molecule has 1 heterocycles. The SMILES string of the molecule is O=C1CCSC/C1=C\c1ccc([N+](=O)[O-])c(O)c1. The number of nitro benzene ring substituents is 1. The maximum atomic E-state index is 11.6. The van der Waals surface area contributed by atoms with Crippen LogP contribution in [0.15, 0.2) is 23.8 Å². The van der Waals surface area contributed by atoms with Crippen LogP contribution < -0.4 is 0 Å². The summed E-state index contributed by atoms with van der Waals surface area (Å²) < 4.78 is 0. The van der Waals surface area contributed by atoms with Gasteiger partial charge in [0.15, 0.2) is 11.5 Å². The summed E-state index contributed by atoms with van der Waals surface area (Å²) >= 11 is 1.68. The van der Waals surface area contributed by atoms with Crippen LogP contribution in [0.4, 0.5) is 5.69 Å². The number of nitrogens with zero attached hydrogens (tertiary/aromatic N) is 1. The Balaban J connectivity index is 2.29. The number of rotatable bonds is 2. The minimum atomic E-state index is -0.645. The van der Waals surface area contributed by atoms with Gasteiger partial charge in [0.25, 0.3) is 0 Å². The van der Waals surface area contributed by atoms with Crippen LogP contribution in [0.3, 0.4) is 0 Å². The second kappa shape index (κ2) is 5.22. The predicted octanol–water partition coefficient (Wildman–Crippen LogP) is 2.39. The number of phenolic OH excluding ortho intramolecular Hbond substituents is 1. The van der Waals surface area contributed by atoms with E-state index in [4.69, 9.17) is 0 Å². The van der Waals surface area contributed by atoms with Crippen molar-refractivity contribution >= 4 is 29.3 Å². The Morgan fingerprint density at radius 3 is 2.83 bits per heavy atom. The van der Waals surface area contributed by atoms with E-state index in [-0.39, 0.29) is 17.2 Å². The first kappa shape index (κ1) is 12.6. The molecule has 0 radical (unpaired) electrons. The summed E-state index contributed by atoms with van der Waals surface area (Å²) in [6.07, 6.45) is 2.20. The van der Waals surface area contributed by atoms with E-state index in [2.05, 4.69) is 0 Å². The molecule has 0 amide bonds. The van der Waals surface area contributed by atoms with Gasteiger partial charge in [0.05, 0.1) is 4.92 Å². The highest BCUT2D eigenvalue weighted by molar-refractivity contribution is 7.99. The van der Waals surface area contributed by atoms with Crippen molar-refractivity contribution in [3.63, 3.8) is 0 Å². The summed E-state index contributed by atoms with van der Waals surface area (Å²) in [5.74, 6) is 1.20. The highest BCUT2D eigenvalue weighted by atomic mass is 32.2. The number of nitro groups is 1. The second-order valence-electron chi connectivity index (χ2n) is 3.90. The van der Waals surface area contributed by atoms with Crippen LogP contribution >= 0.6 is 11.8 Å². The van der Waals surface area contributed by atoms with Crippen LogP contribution in [-0.2, 0) is 4.79 Å². The summed E-state index contributed by atoms with van der Waals surface area (Å²) in [4.78, 5) is 21.5. The van der Waals surface area contributed by atoms with Crippen LogP contribution in [0.5, 0.6) is 5.75 Å². The molecule has 1 aliphatic heterocycles. The van der Waals surface area contributed by atoms with Gasteiger partial charge in [-0.25, -0.2) is 0 Å². The molecule has 0 bridgehead atoms. The van der Waals surface area contributed by atoms with Crippen molar-refractivity contribution in [1.82, 2.24) is 0 Å². The van der Waals surface area contributed by atoms with Gasteiger partial charge in [-0.2, -0.15) is 11.8 Å². The van der Waals surface area contributed by atoms with Gasteiger partial charge in [-0.3, -0.25) is 14.9 Å². The van der Waals surface area contributed by atoms with Gasteiger partial charge in [-0.05, 0) is 23.8 Å². The summed E-state index contributed by atoms with van der Waals surface area (Å²) in [5.41, 5.74) is 0.963. The molecule has 18 heavy (non-hydrogen) atoms. The fourth-order valence-corrected chi connectivity index (χ4v) is 2.63. The number of Topliss-reactive ketones (excluding diaryl/α,β-unsaturated/α-hetero) is 1. The van der Waals surface area contributed by atoms with Crippen LogP contribution in [0.1, 0.15) is 12.0 Å². The Morgan fingerprint density at radius 2 is 2.22 bits per heavy atom. The number of phenols is 1. The van der Waals surface area contributed by atoms with Gasteiger partial charge in [0.1, 0.15) is 0 Å². The minimum absolute atomic E-state index is 0.103. The zero-order valence-corrected chi connectivity index (χ0v) is 10.3.